The van der Waals surface area contributed by atoms with Crippen molar-refractivity contribution in [2.75, 3.05) is 13.2 Å². The topological polar surface area (TPSA) is 149 Å². The molecule has 1 saturated heterocycles. The van der Waals surface area contributed by atoms with E-state index in [4.69, 9.17) is 9.47 Å². The van der Waals surface area contributed by atoms with Crippen LogP contribution in [0.25, 0.3) is 0 Å². The van der Waals surface area contributed by atoms with E-state index < -0.39 is 49.5 Å². The number of aliphatic hydroxyl groups excluding tert-OH is 5. The van der Waals surface area contributed by atoms with E-state index in [0.29, 0.717) is 6.42 Å². The number of hydrogen-bond acceptors (Lipinski definition) is 8. The first-order chi connectivity index (χ1) is 43.3. The van der Waals surface area contributed by atoms with Gasteiger partial charge in [0.2, 0.25) is 5.91 Å². The second-order valence-electron chi connectivity index (χ2n) is 27.9. The van der Waals surface area contributed by atoms with Gasteiger partial charge in [0.15, 0.2) is 6.29 Å². The third-order valence-electron chi connectivity index (χ3n) is 19.3. The number of aliphatic hydroxyl groups is 5. The van der Waals surface area contributed by atoms with Gasteiger partial charge < -0.3 is 40.3 Å². The van der Waals surface area contributed by atoms with E-state index in [2.05, 4.69) is 31.3 Å². The van der Waals surface area contributed by atoms with Crippen LogP contribution in [0.3, 0.4) is 0 Å². The molecule has 1 heterocycles. The summed E-state index contributed by atoms with van der Waals surface area (Å²) in [5.74, 6) is -0.176. The highest BCUT2D eigenvalue weighted by molar-refractivity contribution is 5.76. The smallest absolute Gasteiger partial charge is 0.220 e. The maximum Gasteiger partial charge on any atom is 0.220 e. The summed E-state index contributed by atoms with van der Waals surface area (Å²) in [5.41, 5.74) is 0. The van der Waals surface area contributed by atoms with E-state index in [1.165, 1.54) is 360 Å². The molecule has 9 heteroatoms. The second-order valence-corrected chi connectivity index (χ2v) is 27.9. The standard InChI is InChI=1S/C79H153NO8/c1-3-5-7-9-11-13-15-17-19-21-23-25-27-29-31-33-34-35-36-37-38-39-41-43-45-47-49-51-53-55-57-59-61-63-65-67-69-75(83)80-72(71-87-79-78(86)77(85)76(84)74(70-81)88-79)73(82)68-66-64-62-60-58-56-54-52-50-48-46-44-42-40-32-30-28-26-24-22-20-18-16-14-12-10-8-6-4-2/h58,60,66,68,72-74,76-79,81-82,84-86H,3-57,59,61-65,67,69-71H2,1-2H3,(H,80,83)/b60-58+,68-66+. The van der Waals surface area contributed by atoms with Crippen LogP contribution in [0.5, 0.6) is 0 Å². The van der Waals surface area contributed by atoms with E-state index in [1.807, 2.05) is 6.08 Å². The summed E-state index contributed by atoms with van der Waals surface area (Å²) in [6, 6.07) is -0.821. The van der Waals surface area contributed by atoms with Gasteiger partial charge in [0, 0.05) is 6.42 Å². The molecule has 0 aromatic rings. The van der Waals surface area contributed by atoms with Crippen molar-refractivity contribution in [3.8, 4) is 0 Å². The van der Waals surface area contributed by atoms with Crippen LogP contribution in [-0.2, 0) is 14.3 Å². The average molecular weight is 1250 g/mol. The minimum atomic E-state index is -1.57. The Bertz CT molecular complexity index is 1440. The van der Waals surface area contributed by atoms with Crippen molar-refractivity contribution in [2.45, 2.75) is 461 Å². The van der Waals surface area contributed by atoms with Gasteiger partial charge in [0.1, 0.15) is 24.4 Å². The molecule has 1 fully saturated rings. The second kappa shape index (κ2) is 68.5. The summed E-state index contributed by atoms with van der Waals surface area (Å²) in [6.45, 7) is 3.84. The van der Waals surface area contributed by atoms with Gasteiger partial charge in [-0.25, -0.2) is 0 Å². The molecular formula is C79H153NO8. The molecule has 0 spiro atoms. The molecule has 7 unspecified atom stereocenters. The van der Waals surface area contributed by atoms with Crippen LogP contribution in [0.15, 0.2) is 24.3 Å². The van der Waals surface area contributed by atoms with Crippen molar-refractivity contribution in [3.05, 3.63) is 24.3 Å². The minimum absolute atomic E-state index is 0.176. The Kier molecular flexibility index (Phi) is 65.9. The Morgan fingerprint density at radius 3 is 0.955 bits per heavy atom. The van der Waals surface area contributed by atoms with Crippen LogP contribution in [0.4, 0.5) is 0 Å². The zero-order chi connectivity index (χ0) is 63.5. The van der Waals surface area contributed by atoms with E-state index in [9.17, 15) is 30.3 Å². The van der Waals surface area contributed by atoms with Crippen LogP contribution >= 0.6 is 0 Å². The SMILES string of the molecule is CCCCCCCCCCCCCCCCCCCCCCCCC/C=C/CC/C=C/C(O)C(COC1OC(CO)C(O)C(O)C1O)NC(=O)CCCCCCCCCCCCCCCCCCCCCCCCCCCCCCCCCCCCCC. The largest absolute Gasteiger partial charge is 0.394 e. The van der Waals surface area contributed by atoms with Gasteiger partial charge in [-0.2, -0.15) is 0 Å². The Morgan fingerprint density at radius 1 is 0.375 bits per heavy atom. The molecule has 522 valence electrons. The summed E-state index contributed by atoms with van der Waals surface area (Å²) in [4.78, 5) is 13.2. The molecule has 7 atom stereocenters. The number of carbonyl (C=O) groups excluding carboxylic acids is 1. The number of ether oxygens (including phenoxy) is 2. The molecule has 0 aromatic carbocycles. The van der Waals surface area contributed by atoms with Crippen LogP contribution in [0.1, 0.15) is 418 Å². The number of carbonyl (C=O) groups is 1. The van der Waals surface area contributed by atoms with Crippen LogP contribution in [-0.4, -0.2) is 87.5 Å². The van der Waals surface area contributed by atoms with Crippen molar-refractivity contribution in [3.63, 3.8) is 0 Å². The molecule has 1 rings (SSSR count). The molecule has 0 saturated carbocycles. The normalized spacial score (nSPS) is 17.9. The number of nitrogens with one attached hydrogen (secondary N) is 1. The summed E-state index contributed by atoms with van der Waals surface area (Å²) in [5, 5.41) is 54.9. The Balaban J connectivity index is 2.07. The molecule has 6 N–H and O–H groups in total. The third kappa shape index (κ3) is 56.2. The maximum atomic E-state index is 13.2. The van der Waals surface area contributed by atoms with Gasteiger partial charge in [0.05, 0.1) is 25.4 Å². The fraction of sp³-hybridized carbons (Fsp3) is 0.937. The first-order valence-corrected chi connectivity index (χ1v) is 39.6. The molecular weight excluding hydrogens is 1090 g/mol. The van der Waals surface area contributed by atoms with Crippen molar-refractivity contribution in [2.24, 2.45) is 0 Å². The fourth-order valence-electron chi connectivity index (χ4n) is 13.1. The maximum absolute atomic E-state index is 13.2. The molecule has 0 aliphatic carbocycles. The lowest BCUT2D eigenvalue weighted by molar-refractivity contribution is -0.302. The highest BCUT2D eigenvalue weighted by Gasteiger charge is 2.44. The number of rotatable bonds is 71. The molecule has 1 aliphatic heterocycles. The Hall–Kier alpha value is -1.33. The highest BCUT2D eigenvalue weighted by atomic mass is 16.7. The van der Waals surface area contributed by atoms with Gasteiger partial charge in [-0.1, -0.05) is 404 Å². The third-order valence-corrected chi connectivity index (χ3v) is 19.3. The summed E-state index contributed by atoms with van der Waals surface area (Å²) in [6.07, 6.45) is 84.8. The van der Waals surface area contributed by atoms with Crippen LogP contribution in [0.2, 0.25) is 0 Å². The average Bonchev–Trinajstić information content (AvgIpc) is 3.65. The zero-order valence-electron chi connectivity index (χ0n) is 58.8. The van der Waals surface area contributed by atoms with E-state index >= 15 is 0 Å². The van der Waals surface area contributed by atoms with Crippen molar-refractivity contribution in [1.29, 1.82) is 0 Å². The van der Waals surface area contributed by atoms with E-state index in [1.54, 1.807) is 6.08 Å². The van der Waals surface area contributed by atoms with Crippen molar-refractivity contribution >= 4 is 5.91 Å². The van der Waals surface area contributed by atoms with Crippen LogP contribution in [0, 0.1) is 0 Å². The number of allylic oxidation sites excluding steroid dienone is 3. The molecule has 1 aliphatic rings. The summed E-state index contributed by atoms with van der Waals surface area (Å²) < 4.78 is 11.3. The molecule has 9 nitrogen and oxygen atoms in total. The van der Waals surface area contributed by atoms with Crippen molar-refractivity contribution < 1.29 is 39.8 Å². The van der Waals surface area contributed by atoms with Gasteiger partial charge in [0.25, 0.3) is 0 Å². The van der Waals surface area contributed by atoms with Crippen LogP contribution < -0.4 is 5.32 Å². The minimum Gasteiger partial charge on any atom is -0.394 e. The lowest BCUT2D eigenvalue weighted by Crippen LogP contribution is -2.60. The first kappa shape index (κ1) is 84.7. The predicted octanol–water partition coefficient (Wildman–Crippen LogP) is 22.4. The first-order valence-electron chi connectivity index (χ1n) is 39.6. The van der Waals surface area contributed by atoms with Gasteiger partial charge in [-0.05, 0) is 32.1 Å². The van der Waals surface area contributed by atoms with Gasteiger partial charge in [-0.3, -0.25) is 4.79 Å². The monoisotopic (exact) mass is 1240 g/mol. The van der Waals surface area contributed by atoms with Gasteiger partial charge in [-0.15, -0.1) is 0 Å². The highest BCUT2D eigenvalue weighted by Crippen LogP contribution is 2.24. The number of amides is 1. The fourth-order valence-corrected chi connectivity index (χ4v) is 13.1. The molecule has 0 radical (unpaired) electrons. The van der Waals surface area contributed by atoms with Gasteiger partial charge >= 0.3 is 0 Å². The van der Waals surface area contributed by atoms with Crippen molar-refractivity contribution in [1.82, 2.24) is 5.32 Å². The quantitative estimate of drug-likeness (QED) is 0.0261. The molecule has 1 amide bonds. The lowest BCUT2D eigenvalue weighted by atomic mass is 9.99. The number of unbranched alkanes of at least 4 members (excludes halogenated alkanes) is 59. The summed E-state index contributed by atoms with van der Waals surface area (Å²) >= 11 is 0. The molecule has 0 bridgehead atoms. The lowest BCUT2D eigenvalue weighted by Gasteiger charge is -2.40. The molecule has 0 aromatic heterocycles. The van der Waals surface area contributed by atoms with E-state index in [0.717, 1.165) is 38.5 Å². The Labute approximate surface area is 547 Å². The zero-order valence-corrected chi connectivity index (χ0v) is 58.8. The number of hydrogen-bond donors (Lipinski definition) is 6. The summed E-state index contributed by atoms with van der Waals surface area (Å²) in [7, 11) is 0. The molecule has 88 heavy (non-hydrogen) atoms. The van der Waals surface area contributed by atoms with E-state index in [-0.39, 0.29) is 12.5 Å². The predicted molar refractivity (Wildman–Crippen MR) is 378 cm³/mol. The Morgan fingerprint density at radius 2 is 0.648 bits per heavy atom.